The summed E-state index contributed by atoms with van der Waals surface area (Å²) in [5, 5.41) is 3.93. The van der Waals surface area contributed by atoms with E-state index in [9.17, 15) is 0 Å². The van der Waals surface area contributed by atoms with Crippen LogP contribution in [0.25, 0.3) is 0 Å². The van der Waals surface area contributed by atoms with Crippen LogP contribution < -0.4 is 0 Å². The number of aromatic nitrogens is 3. The molecule has 0 aromatic carbocycles. The van der Waals surface area contributed by atoms with E-state index in [0.29, 0.717) is 0 Å². The molecule has 0 fully saturated rings. The molecule has 1 aromatic rings. The third kappa shape index (κ3) is 4.65. The van der Waals surface area contributed by atoms with Crippen LogP contribution in [0.1, 0.15) is 45.4 Å². The van der Waals surface area contributed by atoms with Crippen LogP contribution in [0, 0.1) is 6.33 Å². The normalized spacial score (nSPS) is 10.5. The van der Waals surface area contributed by atoms with Crippen LogP contribution >= 0.6 is 0 Å². The highest BCUT2D eigenvalue weighted by molar-refractivity contribution is 4.54. The molecule has 13 heavy (non-hydrogen) atoms. The number of hydrogen-bond acceptors (Lipinski definition) is 2. The van der Waals surface area contributed by atoms with Crippen LogP contribution in [0.5, 0.6) is 0 Å². The van der Waals surface area contributed by atoms with Gasteiger partial charge in [-0.1, -0.05) is 39.0 Å². The average Bonchev–Trinajstić information content (AvgIpc) is 2.63. The summed E-state index contributed by atoms with van der Waals surface area (Å²) in [5.74, 6) is 0. The molecule has 1 heterocycles. The molecule has 0 bridgehead atoms. The fourth-order valence-corrected chi connectivity index (χ4v) is 1.36. The van der Waals surface area contributed by atoms with Crippen molar-refractivity contribution in [3.05, 3.63) is 12.7 Å². The van der Waals surface area contributed by atoms with Crippen LogP contribution in [0.3, 0.4) is 0 Å². The van der Waals surface area contributed by atoms with Gasteiger partial charge < -0.3 is 0 Å². The van der Waals surface area contributed by atoms with Crippen LogP contribution in [0.15, 0.2) is 6.33 Å². The summed E-state index contributed by atoms with van der Waals surface area (Å²) in [4.78, 5) is 3.78. The Labute approximate surface area is 80.2 Å². The van der Waals surface area contributed by atoms with Crippen molar-refractivity contribution in [2.75, 3.05) is 0 Å². The van der Waals surface area contributed by atoms with Crippen molar-refractivity contribution >= 4 is 0 Å². The second-order valence-corrected chi connectivity index (χ2v) is 3.38. The smallest absolute Gasteiger partial charge is 0.220 e. The first kappa shape index (κ1) is 10.2. The Morgan fingerprint density at radius 2 is 1.92 bits per heavy atom. The Morgan fingerprint density at radius 1 is 1.15 bits per heavy atom. The van der Waals surface area contributed by atoms with E-state index < -0.39 is 0 Å². The maximum absolute atomic E-state index is 3.93. The lowest BCUT2D eigenvalue weighted by molar-refractivity contribution is 0.526. The van der Waals surface area contributed by atoms with Gasteiger partial charge in [0.25, 0.3) is 0 Å². The SMILES string of the molecule is CCCCCCCCn1cn[c]n1. The summed E-state index contributed by atoms with van der Waals surface area (Å²) < 4.78 is 1.85. The maximum atomic E-state index is 3.93. The van der Waals surface area contributed by atoms with Crippen molar-refractivity contribution in [3.8, 4) is 0 Å². The van der Waals surface area contributed by atoms with E-state index in [1.807, 2.05) is 4.68 Å². The molecule has 0 aliphatic rings. The number of aryl methyl sites for hydroxylation is 1. The molecule has 0 unspecified atom stereocenters. The predicted octanol–water partition coefficient (Wildman–Crippen LogP) is 2.44. The van der Waals surface area contributed by atoms with E-state index >= 15 is 0 Å². The summed E-state index contributed by atoms with van der Waals surface area (Å²) in [6.45, 7) is 3.23. The molecular weight excluding hydrogens is 162 g/mol. The molecule has 3 heteroatoms. The molecule has 73 valence electrons. The zero-order chi connectivity index (χ0) is 9.36. The topological polar surface area (TPSA) is 30.7 Å². The molecular formula is C10H18N3. The molecule has 0 N–H and O–H groups in total. The maximum Gasteiger partial charge on any atom is 0.220 e. The van der Waals surface area contributed by atoms with Gasteiger partial charge in [0.1, 0.15) is 6.33 Å². The van der Waals surface area contributed by atoms with Crippen LogP contribution in [0.4, 0.5) is 0 Å². The molecule has 0 amide bonds. The average molecular weight is 180 g/mol. The summed E-state index contributed by atoms with van der Waals surface area (Å²) in [5.41, 5.74) is 0. The molecule has 1 rings (SSSR count). The summed E-state index contributed by atoms with van der Waals surface area (Å²) in [6.07, 6.45) is 12.2. The first-order chi connectivity index (χ1) is 6.43. The van der Waals surface area contributed by atoms with Crippen molar-refractivity contribution in [1.29, 1.82) is 0 Å². The van der Waals surface area contributed by atoms with Gasteiger partial charge >= 0.3 is 0 Å². The van der Waals surface area contributed by atoms with Crippen molar-refractivity contribution in [3.63, 3.8) is 0 Å². The van der Waals surface area contributed by atoms with Crippen LogP contribution in [-0.2, 0) is 6.54 Å². The molecule has 0 atom stereocenters. The molecule has 1 aromatic heterocycles. The lowest BCUT2D eigenvalue weighted by atomic mass is 10.1. The highest BCUT2D eigenvalue weighted by Gasteiger charge is 1.92. The summed E-state index contributed by atoms with van der Waals surface area (Å²) >= 11 is 0. The second-order valence-electron chi connectivity index (χ2n) is 3.38. The van der Waals surface area contributed by atoms with Crippen molar-refractivity contribution in [2.45, 2.75) is 52.0 Å². The van der Waals surface area contributed by atoms with E-state index in [1.165, 1.54) is 38.5 Å². The van der Waals surface area contributed by atoms with Gasteiger partial charge in [0, 0.05) is 6.54 Å². The number of nitrogens with zero attached hydrogens (tertiary/aromatic N) is 3. The standard InChI is InChI=1S/C10H18N3/c1-2-3-4-5-6-7-8-13-10-11-9-12-13/h10H,2-8H2,1H3. The molecule has 0 aliphatic heterocycles. The Kier molecular flexibility index (Phi) is 5.22. The fourth-order valence-electron chi connectivity index (χ4n) is 1.36. The van der Waals surface area contributed by atoms with Gasteiger partial charge in [-0.2, -0.15) is 0 Å². The second kappa shape index (κ2) is 6.63. The van der Waals surface area contributed by atoms with Crippen molar-refractivity contribution in [2.24, 2.45) is 0 Å². The minimum atomic E-state index is 0.989. The Morgan fingerprint density at radius 3 is 2.62 bits per heavy atom. The minimum Gasteiger partial charge on any atom is -0.252 e. The van der Waals surface area contributed by atoms with Crippen molar-refractivity contribution < 1.29 is 0 Å². The molecule has 0 saturated heterocycles. The molecule has 1 radical (unpaired) electrons. The fraction of sp³-hybridized carbons (Fsp3) is 0.800. The number of unbranched alkanes of at least 4 members (excludes halogenated alkanes) is 5. The number of hydrogen-bond donors (Lipinski definition) is 0. The van der Waals surface area contributed by atoms with E-state index in [1.54, 1.807) is 6.33 Å². The molecule has 0 spiro atoms. The van der Waals surface area contributed by atoms with Gasteiger partial charge in [0.05, 0.1) is 0 Å². The summed E-state index contributed by atoms with van der Waals surface area (Å²) in [7, 11) is 0. The predicted molar refractivity (Wildman–Crippen MR) is 52.2 cm³/mol. The van der Waals surface area contributed by atoms with Gasteiger partial charge in [-0.15, -0.1) is 5.10 Å². The van der Waals surface area contributed by atoms with E-state index in [-0.39, 0.29) is 0 Å². The van der Waals surface area contributed by atoms with Crippen LogP contribution in [0.2, 0.25) is 0 Å². The van der Waals surface area contributed by atoms with Crippen molar-refractivity contribution in [1.82, 2.24) is 14.8 Å². The zero-order valence-corrected chi connectivity index (χ0v) is 8.37. The molecule has 0 saturated carbocycles. The van der Waals surface area contributed by atoms with E-state index in [2.05, 4.69) is 23.3 Å². The third-order valence-electron chi connectivity index (χ3n) is 2.16. The summed E-state index contributed by atoms with van der Waals surface area (Å²) in [6, 6.07) is 0. The lowest BCUT2D eigenvalue weighted by Crippen LogP contribution is -1.97. The Hall–Kier alpha value is -0.860. The highest BCUT2D eigenvalue weighted by Crippen LogP contribution is 2.05. The van der Waals surface area contributed by atoms with Gasteiger partial charge in [0.2, 0.25) is 6.33 Å². The highest BCUT2D eigenvalue weighted by atomic mass is 15.3. The number of rotatable bonds is 7. The molecule has 0 aliphatic carbocycles. The van der Waals surface area contributed by atoms with Gasteiger partial charge in [-0.25, -0.2) is 4.98 Å². The quantitative estimate of drug-likeness (QED) is 0.603. The van der Waals surface area contributed by atoms with Crippen LogP contribution in [-0.4, -0.2) is 14.8 Å². The van der Waals surface area contributed by atoms with Gasteiger partial charge in [-0.05, 0) is 6.42 Å². The third-order valence-corrected chi connectivity index (χ3v) is 2.16. The van der Waals surface area contributed by atoms with E-state index in [4.69, 9.17) is 0 Å². The zero-order valence-electron chi connectivity index (χ0n) is 8.37. The first-order valence-corrected chi connectivity index (χ1v) is 5.19. The van der Waals surface area contributed by atoms with Gasteiger partial charge in [-0.3, -0.25) is 4.68 Å². The lowest BCUT2D eigenvalue weighted by Gasteiger charge is -2.00. The minimum absolute atomic E-state index is 0.989. The molecule has 3 nitrogen and oxygen atoms in total. The van der Waals surface area contributed by atoms with E-state index in [0.717, 1.165) is 6.54 Å². The Bertz CT molecular complexity index is 194. The largest absolute Gasteiger partial charge is 0.252 e. The monoisotopic (exact) mass is 180 g/mol. The first-order valence-electron chi connectivity index (χ1n) is 5.19. The van der Waals surface area contributed by atoms with Gasteiger partial charge in [0.15, 0.2) is 0 Å². The Balaban J connectivity index is 1.90.